The van der Waals surface area contributed by atoms with E-state index in [1.807, 2.05) is 0 Å². The van der Waals surface area contributed by atoms with E-state index in [1.165, 1.54) is 10.7 Å². The van der Waals surface area contributed by atoms with Crippen molar-refractivity contribution in [1.82, 2.24) is 25.0 Å². The Morgan fingerprint density at radius 1 is 1.31 bits per heavy atom. The average molecular weight is 360 g/mol. The van der Waals surface area contributed by atoms with Crippen LogP contribution in [0.25, 0.3) is 0 Å². The lowest BCUT2D eigenvalue weighted by molar-refractivity contribution is -0.130. The number of aryl methyl sites for hydroxylation is 1. The fourth-order valence-electron chi connectivity index (χ4n) is 3.45. The topological polar surface area (TPSA) is 82.8 Å². The van der Waals surface area contributed by atoms with Crippen molar-refractivity contribution in [3.63, 3.8) is 0 Å². The molecule has 0 spiro atoms. The second-order valence-corrected chi connectivity index (χ2v) is 7.48. The lowest BCUT2D eigenvalue weighted by Gasteiger charge is -2.21. The van der Waals surface area contributed by atoms with Crippen LogP contribution in [0.3, 0.4) is 0 Å². The van der Waals surface area contributed by atoms with Crippen molar-refractivity contribution in [3.05, 3.63) is 17.5 Å². The zero-order valence-electron chi connectivity index (χ0n) is 15.9. The van der Waals surface area contributed by atoms with Crippen LogP contribution in [0, 0.1) is 5.92 Å². The molecule has 0 aromatic carbocycles. The van der Waals surface area contributed by atoms with Gasteiger partial charge in [-0.05, 0) is 18.4 Å². The van der Waals surface area contributed by atoms with Crippen molar-refractivity contribution in [2.75, 3.05) is 20.1 Å². The normalized spacial score (nSPS) is 18.5. The molecule has 8 nitrogen and oxygen atoms in total. The molecule has 1 aromatic rings. The van der Waals surface area contributed by atoms with Gasteiger partial charge in [0.05, 0.1) is 17.9 Å². The van der Waals surface area contributed by atoms with Gasteiger partial charge in [-0.3, -0.25) is 19.2 Å². The highest BCUT2D eigenvalue weighted by molar-refractivity contribution is 6.39. The van der Waals surface area contributed by atoms with Gasteiger partial charge >= 0.3 is 0 Å². The summed E-state index contributed by atoms with van der Waals surface area (Å²) in [5, 5.41) is 12.8. The molecule has 3 rings (SSSR count). The smallest absolute Gasteiger partial charge is 0.267 e. The Hall–Kier alpha value is -2.22. The first kappa shape index (κ1) is 18.6. The van der Waals surface area contributed by atoms with E-state index in [-0.39, 0.29) is 11.8 Å². The number of aromatic nitrogens is 2. The van der Waals surface area contributed by atoms with Crippen LogP contribution in [0.15, 0.2) is 11.2 Å². The van der Waals surface area contributed by atoms with Crippen molar-refractivity contribution < 1.29 is 9.59 Å². The zero-order valence-corrected chi connectivity index (χ0v) is 15.9. The number of carbonyl (C=O) groups excluding carboxylic acids is 2. The Bertz CT molecular complexity index is 709. The predicted molar refractivity (Wildman–Crippen MR) is 98.2 cm³/mol. The Kier molecular flexibility index (Phi) is 5.70. The van der Waals surface area contributed by atoms with Gasteiger partial charge in [0, 0.05) is 46.1 Å². The molecule has 8 heteroatoms. The van der Waals surface area contributed by atoms with Crippen LogP contribution in [0.5, 0.6) is 0 Å². The summed E-state index contributed by atoms with van der Waals surface area (Å²) in [5.74, 6) is 0.351. The number of hydrogen-bond donors (Lipinski definition) is 1. The van der Waals surface area contributed by atoms with Crippen LogP contribution in [0.1, 0.15) is 44.5 Å². The summed E-state index contributed by atoms with van der Waals surface area (Å²) in [6.07, 6.45) is 1.80. The Morgan fingerprint density at radius 3 is 2.85 bits per heavy atom. The fourth-order valence-corrected chi connectivity index (χ4v) is 3.45. The van der Waals surface area contributed by atoms with Crippen molar-refractivity contribution in [2.45, 2.75) is 52.7 Å². The molecule has 26 heavy (non-hydrogen) atoms. The highest BCUT2D eigenvalue weighted by Crippen LogP contribution is 2.15. The molecular formula is C18H28N6O2. The predicted octanol–water partition coefficient (Wildman–Crippen LogP) is 0.969. The van der Waals surface area contributed by atoms with Gasteiger partial charge in [0.25, 0.3) is 5.91 Å². The Labute approximate surface area is 154 Å². The maximum atomic E-state index is 12.3. The third kappa shape index (κ3) is 4.49. The first-order valence-electron chi connectivity index (χ1n) is 9.32. The molecule has 0 saturated heterocycles. The molecule has 0 atom stereocenters. The molecule has 0 fully saturated rings. The van der Waals surface area contributed by atoms with E-state index in [0.29, 0.717) is 31.0 Å². The highest BCUT2D eigenvalue weighted by atomic mass is 16.2. The maximum Gasteiger partial charge on any atom is 0.267 e. The summed E-state index contributed by atoms with van der Waals surface area (Å²) < 4.78 is 2.06. The first-order chi connectivity index (χ1) is 12.4. The van der Waals surface area contributed by atoms with Crippen LogP contribution in [0.2, 0.25) is 0 Å². The SMILES string of the molecule is CC(C)CN1CCCn2nc(CNC(=O)C3=NN(C)C(=O)CC3)cc2C1. The molecule has 1 N–H and O–H groups in total. The third-order valence-electron chi connectivity index (χ3n) is 4.67. The van der Waals surface area contributed by atoms with E-state index in [2.05, 4.69) is 45.0 Å². The molecule has 0 aliphatic carbocycles. The second-order valence-electron chi connectivity index (χ2n) is 7.48. The number of carbonyl (C=O) groups is 2. The van der Waals surface area contributed by atoms with E-state index in [0.717, 1.165) is 38.3 Å². The number of fused-ring (bicyclic) bond motifs is 1. The molecule has 1 aromatic heterocycles. The van der Waals surface area contributed by atoms with Gasteiger partial charge in [-0.15, -0.1) is 0 Å². The molecule has 2 amide bonds. The van der Waals surface area contributed by atoms with Gasteiger partial charge in [0.15, 0.2) is 0 Å². The van der Waals surface area contributed by atoms with Crippen LogP contribution < -0.4 is 5.32 Å². The molecular weight excluding hydrogens is 332 g/mol. The minimum Gasteiger partial charge on any atom is -0.345 e. The third-order valence-corrected chi connectivity index (χ3v) is 4.67. The van der Waals surface area contributed by atoms with Crippen LogP contribution in [-0.4, -0.2) is 57.4 Å². The van der Waals surface area contributed by atoms with Crippen molar-refractivity contribution in [2.24, 2.45) is 11.0 Å². The summed E-state index contributed by atoms with van der Waals surface area (Å²) in [5.41, 5.74) is 2.46. The number of nitrogens with one attached hydrogen (secondary N) is 1. The van der Waals surface area contributed by atoms with E-state index in [1.54, 1.807) is 7.05 Å². The van der Waals surface area contributed by atoms with Gasteiger partial charge < -0.3 is 5.32 Å². The van der Waals surface area contributed by atoms with Gasteiger partial charge in [0.1, 0.15) is 5.71 Å². The monoisotopic (exact) mass is 360 g/mol. The van der Waals surface area contributed by atoms with E-state index in [9.17, 15) is 9.59 Å². The number of rotatable bonds is 5. The van der Waals surface area contributed by atoms with E-state index in [4.69, 9.17) is 0 Å². The summed E-state index contributed by atoms with van der Waals surface area (Å²) in [7, 11) is 1.57. The summed E-state index contributed by atoms with van der Waals surface area (Å²) in [6.45, 7) is 8.85. The average Bonchev–Trinajstić information content (AvgIpc) is 2.87. The lowest BCUT2D eigenvalue weighted by Crippen LogP contribution is -2.37. The molecule has 3 heterocycles. The minimum absolute atomic E-state index is 0.0645. The Balaban J connectivity index is 1.59. The van der Waals surface area contributed by atoms with Gasteiger partial charge in [-0.2, -0.15) is 10.2 Å². The summed E-state index contributed by atoms with van der Waals surface area (Å²) >= 11 is 0. The first-order valence-corrected chi connectivity index (χ1v) is 9.32. The molecule has 0 radical (unpaired) electrons. The minimum atomic E-state index is -0.228. The largest absolute Gasteiger partial charge is 0.345 e. The number of hydrazone groups is 1. The standard InChI is InChI=1S/C18H28N6O2/c1-13(2)11-23-7-4-8-24-15(12-23)9-14(20-24)10-19-18(26)16-5-6-17(25)22(3)21-16/h9,13H,4-8,10-12H2,1-3H3,(H,19,26). The zero-order chi connectivity index (χ0) is 18.7. The molecule has 142 valence electrons. The fraction of sp³-hybridized carbons (Fsp3) is 0.667. The molecule has 2 aliphatic heterocycles. The van der Waals surface area contributed by atoms with Crippen LogP contribution in [0.4, 0.5) is 0 Å². The van der Waals surface area contributed by atoms with Crippen molar-refractivity contribution in [1.29, 1.82) is 0 Å². The molecule has 2 aliphatic rings. The van der Waals surface area contributed by atoms with Crippen LogP contribution in [-0.2, 0) is 29.2 Å². The summed E-state index contributed by atoms with van der Waals surface area (Å²) in [4.78, 5) is 26.2. The number of amides is 2. The van der Waals surface area contributed by atoms with Gasteiger partial charge in [0.2, 0.25) is 5.91 Å². The van der Waals surface area contributed by atoms with Crippen molar-refractivity contribution in [3.8, 4) is 0 Å². The van der Waals surface area contributed by atoms with E-state index >= 15 is 0 Å². The quantitative estimate of drug-likeness (QED) is 0.848. The Morgan fingerprint density at radius 2 is 2.12 bits per heavy atom. The second kappa shape index (κ2) is 7.99. The lowest BCUT2D eigenvalue weighted by atomic mass is 10.1. The molecule has 0 unspecified atom stereocenters. The molecule has 0 saturated carbocycles. The molecule has 0 bridgehead atoms. The van der Waals surface area contributed by atoms with Crippen molar-refractivity contribution >= 4 is 17.5 Å². The van der Waals surface area contributed by atoms with Gasteiger partial charge in [-0.25, -0.2) is 5.01 Å². The highest BCUT2D eigenvalue weighted by Gasteiger charge is 2.22. The van der Waals surface area contributed by atoms with E-state index < -0.39 is 0 Å². The maximum absolute atomic E-state index is 12.3. The number of hydrogen-bond acceptors (Lipinski definition) is 5. The van der Waals surface area contributed by atoms with Gasteiger partial charge in [-0.1, -0.05) is 13.8 Å². The summed E-state index contributed by atoms with van der Waals surface area (Å²) in [6, 6.07) is 2.08. The van der Waals surface area contributed by atoms with Crippen LogP contribution >= 0.6 is 0 Å². The number of nitrogens with zero attached hydrogens (tertiary/aromatic N) is 5.